The maximum Gasteiger partial charge on any atom is 0.223 e. The first-order valence-electron chi connectivity index (χ1n) is 10.9. The number of halogens is 1. The summed E-state index contributed by atoms with van der Waals surface area (Å²) in [7, 11) is 0. The molecule has 4 nitrogen and oxygen atoms in total. The van der Waals surface area contributed by atoms with Crippen LogP contribution in [0, 0.1) is 23.1 Å². The van der Waals surface area contributed by atoms with E-state index in [-0.39, 0.29) is 28.5 Å². The number of aromatic hydroxyl groups is 1. The normalized spacial score (nSPS) is 39.4. The molecular weight excluding hydrogens is 355 g/mol. The van der Waals surface area contributed by atoms with E-state index in [4.69, 9.17) is 5.73 Å². The number of rotatable bonds is 3. The van der Waals surface area contributed by atoms with Gasteiger partial charge in [0, 0.05) is 31.0 Å². The Kier molecular flexibility index (Phi) is 4.24. The van der Waals surface area contributed by atoms with Crippen LogP contribution in [0.5, 0.6) is 5.75 Å². The molecule has 1 saturated heterocycles. The van der Waals surface area contributed by atoms with E-state index >= 15 is 0 Å². The zero-order valence-corrected chi connectivity index (χ0v) is 16.5. The molecule has 1 amide bonds. The molecule has 3 N–H and O–H groups in total. The Labute approximate surface area is 166 Å². The third-order valence-corrected chi connectivity index (χ3v) is 7.98. The van der Waals surface area contributed by atoms with Gasteiger partial charge in [-0.25, -0.2) is 4.39 Å². The lowest BCUT2D eigenvalue weighted by atomic mass is 9.46. The minimum absolute atomic E-state index is 0.0398. The molecule has 5 fully saturated rings. The topological polar surface area (TPSA) is 66.6 Å². The SMILES string of the molecule is NC12CC3CC(C1)CC(CC(=O)N1CCCC(c4cccc(O)c4F)C1)(C3)C2. The molecule has 1 aromatic carbocycles. The van der Waals surface area contributed by atoms with Crippen LogP contribution in [0.4, 0.5) is 4.39 Å². The highest BCUT2D eigenvalue weighted by molar-refractivity contribution is 5.77. The summed E-state index contributed by atoms with van der Waals surface area (Å²) < 4.78 is 14.4. The molecule has 5 aliphatic rings. The molecule has 1 heterocycles. The molecule has 5 heteroatoms. The number of hydrogen-bond acceptors (Lipinski definition) is 3. The number of benzene rings is 1. The molecule has 1 aromatic rings. The van der Waals surface area contributed by atoms with Crippen molar-refractivity contribution in [3.63, 3.8) is 0 Å². The van der Waals surface area contributed by atoms with Gasteiger partial charge in [-0.2, -0.15) is 0 Å². The van der Waals surface area contributed by atoms with Crippen LogP contribution in [-0.2, 0) is 4.79 Å². The average Bonchev–Trinajstić information content (AvgIpc) is 2.61. The second kappa shape index (κ2) is 6.45. The van der Waals surface area contributed by atoms with E-state index in [2.05, 4.69) is 0 Å². The number of piperidine rings is 1. The van der Waals surface area contributed by atoms with Crippen LogP contribution in [0.15, 0.2) is 18.2 Å². The number of amides is 1. The summed E-state index contributed by atoms with van der Waals surface area (Å²) in [5, 5.41) is 9.71. The molecular formula is C23H31FN2O2. The molecule has 1 aliphatic heterocycles. The summed E-state index contributed by atoms with van der Waals surface area (Å²) in [6.45, 7) is 1.31. The highest BCUT2D eigenvalue weighted by Crippen LogP contribution is 2.62. The lowest BCUT2D eigenvalue weighted by Gasteiger charge is -2.61. The predicted octanol–water partition coefficient (Wildman–Crippen LogP) is 3.93. The molecule has 0 radical (unpaired) electrons. The van der Waals surface area contributed by atoms with Crippen molar-refractivity contribution in [1.29, 1.82) is 0 Å². The van der Waals surface area contributed by atoms with Crippen LogP contribution in [-0.4, -0.2) is 34.5 Å². The first-order chi connectivity index (χ1) is 13.3. The zero-order chi connectivity index (χ0) is 19.5. The van der Waals surface area contributed by atoms with Crippen molar-refractivity contribution in [3.8, 4) is 5.75 Å². The summed E-state index contributed by atoms with van der Waals surface area (Å²) >= 11 is 0. The van der Waals surface area contributed by atoms with Crippen molar-refractivity contribution in [2.45, 2.75) is 69.2 Å². The van der Waals surface area contributed by atoms with Crippen molar-refractivity contribution < 1.29 is 14.3 Å². The van der Waals surface area contributed by atoms with E-state index in [1.165, 1.54) is 12.5 Å². The van der Waals surface area contributed by atoms with Crippen LogP contribution >= 0.6 is 0 Å². The van der Waals surface area contributed by atoms with Crippen molar-refractivity contribution in [3.05, 3.63) is 29.6 Å². The first kappa shape index (κ1) is 18.4. The monoisotopic (exact) mass is 386 g/mol. The fourth-order valence-electron chi connectivity index (χ4n) is 7.48. The van der Waals surface area contributed by atoms with Crippen LogP contribution in [0.3, 0.4) is 0 Å². The number of nitrogens with two attached hydrogens (primary N) is 1. The minimum Gasteiger partial charge on any atom is -0.505 e. The number of likely N-dealkylation sites (tertiary alicyclic amines) is 1. The second-order valence-electron chi connectivity index (χ2n) is 10.4. The van der Waals surface area contributed by atoms with Gasteiger partial charge in [0.1, 0.15) is 0 Å². The molecule has 3 unspecified atom stereocenters. The van der Waals surface area contributed by atoms with Gasteiger partial charge in [-0.15, -0.1) is 0 Å². The number of phenolic OH excluding ortho intramolecular Hbond substituents is 1. The molecule has 3 atom stereocenters. The number of nitrogens with zero attached hydrogens (tertiary/aromatic N) is 1. The van der Waals surface area contributed by atoms with Crippen molar-refractivity contribution in [2.24, 2.45) is 23.0 Å². The maximum atomic E-state index is 14.4. The van der Waals surface area contributed by atoms with Crippen molar-refractivity contribution in [1.82, 2.24) is 4.90 Å². The van der Waals surface area contributed by atoms with E-state index in [1.807, 2.05) is 4.90 Å². The lowest BCUT2D eigenvalue weighted by Crippen LogP contribution is -2.60. The average molecular weight is 387 g/mol. The Bertz CT molecular complexity index is 781. The highest BCUT2D eigenvalue weighted by atomic mass is 19.1. The standard InChI is InChI=1S/C23H31FN2O2/c24-21-18(4-1-5-19(21)27)17-3-2-6-26(13-17)20(28)12-22-8-15-7-16(9-22)11-23(25,10-15)14-22/h1,4-5,15-17,27H,2-3,6-14,25H2. The van der Waals surface area contributed by atoms with Gasteiger partial charge in [0.15, 0.2) is 11.6 Å². The van der Waals surface area contributed by atoms with Gasteiger partial charge in [-0.1, -0.05) is 12.1 Å². The Morgan fingerprint density at radius 3 is 2.71 bits per heavy atom. The molecule has 4 aliphatic carbocycles. The Morgan fingerprint density at radius 2 is 2.00 bits per heavy atom. The highest BCUT2D eigenvalue weighted by Gasteiger charge is 2.56. The molecule has 28 heavy (non-hydrogen) atoms. The van der Waals surface area contributed by atoms with E-state index in [1.54, 1.807) is 12.1 Å². The van der Waals surface area contributed by atoms with Crippen molar-refractivity contribution >= 4 is 5.91 Å². The number of carbonyl (C=O) groups is 1. The van der Waals surface area contributed by atoms with E-state index in [0.717, 1.165) is 51.5 Å². The van der Waals surface area contributed by atoms with Crippen LogP contribution in [0.2, 0.25) is 0 Å². The Hall–Kier alpha value is -1.62. The summed E-state index contributed by atoms with van der Waals surface area (Å²) in [4.78, 5) is 15.2. The largest absolute Gasteiger partial charge is 0.505 e. The lowest BCUT2D eigenvalue weighted by molar-refractivity contribution is -0.141. The summed E-state index contributed by atoms with van der Waals surface area (Å²) in [5.41, 5.74) is 7.29. The smallest absolute Gasteiger partial charge is 0.223 e. The fourth-order valence-corrected chi connectivity index (χ4v) is 7.48. The summed E-state index contributed by atoms with van der Waals surface area (Å²) in [6, 6.07) is 4.80. The van der Waals surface area contributed by atoms with Crippen LogP contribution in [0.25, 0.3) is 0 Å². The van der Waals surface area contributed by atoms with Gasteiger partial charge >= 0.3 is 0 Å². The van der Waals surface area contributed by atoms with Crippen molar-refractivity contribution in [2.75, 3.05) is 13.1 Å². The predicted molar refractivity (Wildman–Crippen MR) is 105 cm³/mol. The van der Waals surface area contributed by atoms with Gasteiger partial charge in [-0.3, -0.25) is 4.79 Å². The third-order valence-electron chi connectivity index (χ3n) is 7.98. The molecule has 152 valence electrons. The van der Waals surface area contributed by atoms with E-state index in [9.17, 15) is 14.3 Å². The molecule has 6 rings (SSSR count). The summed E-state index contributed by atoms with van der Waals surface area (Å²) in [6.07, 6.45) is 9.24. The fraction of sp³-hybridized carbons (Fsp3) is 0.696. The Morgan fingerprint density at radius 1 is 1.25 bits per heavy atom. The second-order valence-corrected chi connectivity index (χ2v) is 10.4. The van der Waals surface area contributed by atoms with Crippen LogP contribution in [0.1, 0.15) is 69.3 Å². The van der Waals surface area contributed by atoms with Gasteiger partial charge in [-0.05, 0) is 80.2 Å². The first-order valence-corrected chi connectivity index (χ1v) is 10.9. The minimum atomic E-state index is -0.534. The van der Waals surface area contributed by atoms with Gasteiger partial charge in [0.05, 0.1) is 0 Å². The van der Waals surface area contributed by atoms with Gasteiger partial charge in [0.25, 0.3) is 0 Å². The number of carbonyl (C=O) groups excluding carboxylic acids is 1. The molecule has 0 aromatic heterocycles. The van der Waals surface area contributed by atoms with Crippen LogP contribution < -0.4 is 5.73 Å². The quantitative estimate of drug-likeness (QED) is 0.827. The van der Waals surface area contributed by atoms with Gasteiger partial charge < -0.3 is 15.7 Å². The van der Waals surface area contributed by atoms with E-state index in [0.29, 0.717) is 30.4 Å². The number of hydrogen-bond donors (Lipinski definition) is 2. The maximum absolute atomic E-state index is 14.4. The number of phenols is 1. The van der Waals surface area contributed by atoms with Gasteiger partial charge in [0.2, 0.25) is 5.91 Å². The van der Waals surface area contributed by atoms with E-state index < -0.39 is 5.82 Å². The third kappa shape index (κ3) is 3.12. The molecule has 4 saturated carbocycles. The Balaban J connectivity index is 1.30. The summed E-state index contributed by atoms with van der Waals surface area (Å²) in [5.74, 6) is 0.748. The zero-order valence-electron chi connectivity index (χ0n) is 16.5. The molecule has 4 bridgehead atoms. The molecule has 0 spiro atoms.